The van der Waals surface area contributed by atoms with Crippen molar-refractivity contribution in [2.45, 2.75) is 13.1 Å². The SMILES string of the molecule is Cc1ccccc1-c1c(/C=C/C(=O)N2CCN(c3ccccc3)CC2)cccc1C(F)(F)F. The van der Waals surface area contributed by atoms with Gasteiger partial charge in [-0.25, -0.2) is 0 Å². The fourth-order valence-electron chi connectivity index (χ4n) is 4.19. The average molecular weight is 451 g/mol. The van der Waals surface area contributed by atoms with E-state index in [1.165, 1.54) is 18.2 Å². The second kappa shape index (κ2) is 9.53. The van der Waals surface area contributed by atoms with Gasteiger partial charge in [0.15, 0.2) is 0 Å². The summed E-state index contributed by atoms with van der Waals surface area (Å²) < 4.78 is 41.4. The standard InChI is InChI=1S/C27H25F3N2O/c1-20-8-5-6-12-23(20)26-21(9-7-13-24(26)27(28,29)30)14-15-25(33)32-18-16-31(17-19-32)22-10-3-2-4-11-22/h2-15H,16-19H2,1H3/b15-14+. The van der Waals surface area contributed by atoms with Crippen molar-refractivity contribution in [1.29, 1.82) is 0 Å². The molecule has 1 heterocycles. The van der Waals surface area contributed by atoms with E-state index in [-0.39, 0.29) is 11.5 Å². The molecule has 0 radical (unpaired) electrons. The van der Waals surface area contributed by atoms with Crippen molar-refractivity contribution < 1.29 is 18.0 Å². The van der Waals surface area contributed by atoms with Crippen molar-refractivity contribution in [3.05, 3.63) is 95.6 Å². The van der Waals surface area contributed by atoms with Crippen molar-refractivity contribution in [2.24, 2.45) is 0 Å². The first-order valence-electron chi connectivity index (χ1n) is 10.9. The van der Waals surface area contributed by atoms with E-state index in [0.717, 1.165) is 17.3 Å². The highest BCUT2D eigenvalue weighted by Gasteiger charge is 2.34. The molecule has 1 aliphatic heterocycles. The van der Waals surface area contributed by atoms with Gasteiger partial charge in [-0.15, -0.1) is 0 Å². The van der Waals surface area contributed by atoms with Gasteiger partial charge in [0.1, 0.15) is 0 Å². The number of hydrogen-bond donors (Lipinski definition) is 0. The van der Waals surface area contributed by atoms with Crippen molar-refractivity contribution in [3.8, 4) is 11.1 Å². The highest BCUT2D eigenvalue weighted by Crippen LogP contribution is 2.40. The molecule has 0 N–H and O–H groups in total. The first-order valence-corrected chi connectivity index (χ1v) is 10.9. The number of carbonyl (C=O) groups excluding carboxylic acids is 1. The predicted octanol–water partition coefficient (Wildman–Crippen LogP) is 6.04. The number of halogens is 3. The van der Waals surface area contributed by atoms with Crippen molar-refractivity contribution in [2.75, 3.05) is 31.1 Å². The summed E-state index contributed by atoms with van der Waals surface area (Å²) in [5.74, 6) is -0.198. The minimum Gasteiger partial charge on any atom is -0.368 e. The third-order valence-corrected chi connectivity index (χ3v) is 5.93. The fraction of sp³-hybridized carbons (Fsp3) is 0.222. The Morgan fingerprint density at radius 1 is 0.848 bits per heavy atom. The van der Waals surface area contributed by atoms with Gasteiger partial charge in [0, 0.05) is 43.5 Å². The topological polar surface area (TPSA) is 23.6 Å². The largest absolute Gasteiger partial charge is 0.417 e. The lowest BCUT2D eigenvalue weighted by Crippen LogP contribution is -2.48. The highest BCUT2D eigenvalue weighted by molar-refractivity contribution is 5.94. The molecule has 0 aromatic heterocycles. The number of amides is 1. The summed E-state index contributed by atoms with van der Waals surface area (Å²) in [4.78, 5) is 16.8. The van der Waals surface area contributed by atoms with Crippen molar-refractivity contribution >= 4 is 17.7 Å². The molecule has 0 unspecified atom stereocenters. The molecule has 0 atom stereocenters. The Hall–Kier alpha value is -3.54. The number of rotatable bonds is 4. The van der Waals surface area contributed by atoms with Crippen LogP contribution in [0.4, 0.5) is 18.9 Å². The van der Waals surface area contributed by atoms with Crippen LogP contribution in [0.25, 0.3) is 17.2 Å². The number of hydrogen-bond acceptors (Lipinski definition) is 2. The maximum atomic E-state index is 13.8. The van der Waals surface area contributed by atoms with E-state index < -0.39 is 11.7 Å². The molecule has 0 bridgehead atoms. The zero-order valence-corrected chi connectivity index (χ0v) is 18.3. The van der Waals surface area contributed by atoms with E-state index in [1.54, 1.807) is 42.2 Å². The fourth-order valence-corrected chi connectivity index (χ4v) is 4.19. The van der Waals surface area contributed by atoms with Gasteiger partial charge in [-0.1, -0.05) is 54.6 Å². The number of para-hydroxylation sites is 1. The summed E-state index contributed by atoms with van der Waals surface area (Å²) >= 11 is 0. The Morgan fingerprint density at radius 2 is 1.52 bits per heavy atom. The van der Waals surface area contributed by atoms with Crippen LogP contribution in [0.1, 0.15) is 16.7 Å². The van der Waals surface area contributed by atoms with E-state index in [4.69, 9.17) is 0 Å². The molecule has 3 aromatic rings. The van der Waals surface area contributed by atoms with E-state index in [2.05, 4.69) is 4.90 Å². The molecule has 4 rings (SSSR count). The molecule has 3 nitrogen and oxygen atoms in total. The first kappa shape index (κ1) is 22.6. The maximum absolute atomic E-state index is 13.8. The van der Waals surface area contributed by atoms with Crippen molar-refractivity contribution in [1.82, 2.24) is 4.90 Å². The minimum absolute atomic E-state index is 0.0982. The normalized spacial score (nSPS) is 14.7. The zero-order chi connectivity index (χ0) is 23.4. The van der Waals surface area contributed by atoms with Gasteiger partial charge in [-0.05, 0) is 47.9 Å². The molecule has 0 saturated carbocycles. The molecule has 1 saturated heterocycles. The third-order valence-electron chi connectivity index (χ3n) is 5.93. The molecule has 1 aliphatic rings. The molecule has 170 valence electrons. The number of alkyl halides is 3. The second-order valence-corrected chi connectivity index (χ2v) is 8.06. The predicted molar refractivity (Wildman–Crippen MR) is 126 cm³/mol. The molecule has 6 heteroatoms. The lowest BCUT2D eigenvalue weighted by atomic mass is 9.91. The molecule has 1 amide bonds. The number of piperazine rings is 1. The Kier molecular flexibility index (Phi) is 6.54. The quantitative estimate of drug-likeness (QED) is 0.452. The van der Waals surface area contributed by atoms with Crippen LogP contribution in [-0.4, -0.2) is 37.0 Å². The maximum Gasteiger partial charge on any atom is 0.417 e. The van der Waals surface area contributed by atoms with Crippen LogP contribution in [0.2, 0.25) is 0 Å². The van der Waals surface area contributed by atoms with Crippen LogP contribution >= 0.6 is 0 Å². The highest BCUT2D eigenvalue weighted by atomic mass is 19.4. The van der Waals surface area contributed by atoms with Crippen LogP contribution < -0.4 is 4.90 Å². The van der Waals surface area contributed by atoms with Gasteiger partial charge in [0.25, 0.3) is 0 Å². The van der Waals surface area contributed by atoms with Gasteiger partial charge >= 0.3 is 6.18 Å². The number of carbonyl (C=O) groups is 1. The lowest BCUT2D eigenvalue weighted by molar-refractivity contribution is -0.137. The van der Waals surface area contributed by atoms with Gasteiger partial charge in [-0.2, -0.15) is 13.2 Å². The van der Waals surface area contributed by atoms with E-state index in [0.29, 0.717) is 37.3 Å². The number of anilines is 1. The molecule has 0 spiro atoms. The first-order chi connectivity index (χ1) is 15.8. The zero-order valence-electron chi connectivity index (χ0n) is 18.3. The summed E-state index contributed by atoms with van der Waals surface area (Å²) in [6.07, 6.45) is -1.61. The van der Waals surface area contributed by atoms with Crippen LogP contribution in [0.5, 0.6) is 0 Å². The monoisotopic (exact) mass is 450 g/mol. The summed E-state index contributed by atoms with van der Waals surface area (Å²) in [5.41, 5.74) is 2.13. The third kappa shape index (κ3) is 5.11. The van der Waals surface area contributed by atoms with Gasteiger partial charge in [0.05, 0.1) is 5.56 Å². The van der Waals surface area contributed by atoms with Crippen LogP contribution in [0, 0.1) is 6.92 Å². The van der Waals surface area contributed by atoms with Crippen LogP contribution in [-0.2, 0) is 11.0 Å². The molecule has 0 aliphatic carbocycles. The Morgan fingerprint density at radius 3 is 2.18 bits per heavy atom. The van der Waals surface area contributed by atoms with Crippen LogP contribution in [0.3, 0.4) is 0 Å². The van der Waals surface area contributed by atoms with Crippen molar-refractivity contribution in [3.63, 3.8) is 0 Å². The molecule has 1 fully saturated rings. The summed E-state index contributed by atoms with van der Waals surface area (Å²) in [5, 5.41) is 0. The summed E-state index contributed by atoms with van der Waals surface area (Å²) in [7, 11) is 0. The Balaban J connectivity index is 1.56. The van der Waals surface area contributed by atoms with E-state index in [1.807, 2.05) is 30.3 Å². The molecular weight excluding hydrogens is 425 g/mol. The second-order valence-electron chi connectivity index (χ2n) is 8.06. The Labute approximate surface area is 191 Å². The molecule has 33 heavy (non-hydrogen) atoms. The lowest BCUT2D eigenvalue weighted by Gasteiger charge is -2.35. The average Bonchev–Trinajstić information content (AvgIpc) is 2.83. The minimum atomic E-state index is -4.50. The summed E-state index contributed by atoms with van der Waals surface area (Å²) in [6.45, 7) is 4.33. The smallest absolute Gasteiger partial charge is 0.368 e. The van der Waals surface area contributed by atoms with E-state index in [9.17, 15) is 18.0 Å². The molecular formula is C27H25F3N2O. The number of nitrogens with zero attached hydrogens (tertiary/aromatic N) is 2. The van der Waals surface area contributed by atoms with Gasteiger partial charge < -0.3 is 9.80 Å². The molecule has 3 aromatic carbocycles. The van der Waals surface area contributed by atoms with E-state index >= 15 is 0 Å². The van der Waals surface area contributed by atoms with Gasteiger partial charge in [-0.3, -0.25) is 4.79 Å². The number of benzene rings is 3. The Bertz CT molecular complexity index is 1150. The van der Waals surface area contributed by atoms with Gasteiger partial charge in [0.2, 0.25) is 5.91 Å². The number of aryl methyl sites for hydroxylation is 1. The summed E-state index contributed by atoms with van der Waals surface area (Å²) in [6, 6.07) is 21.1. The van der Waals surface area contributed by atoms with Crippen LogP contribution in [0.15, 0.2) is 78.9 Å².